The summed E-state index contributed by atoms with van der Waals surface area (Å²) in [6, 6.07) is 11.1. The molecule has 0 spiro atoms. The van der Waals surface area contributed by atoms with E-state index in [4.69, 9.17) is 5.73 Å². The number of benzene rings is 1. The van der Waals surface area contributed by atoms with Gasteiger partial charge in [0.05, 0.1) is 0 Å². The van der Waals surface area contributed by atoms with Crippen molar-refractivity contribution in [2.24, 2.45) is 5.73 Å². The predicted molar refractivity (Wildman–Crippen MR) is 78.9 cm³/mol. The van der Waals surface area contributed by atoms with Gasteiger partial charge in [-0.25, -0.2) is 0 Å². The first kappa shape index (κ1) is 14.8. The second-order valence-corrected chi connectivity index (χ2v) is 5.49. The second-order valence-electron chi connectivity index (χ2n) is 4.39. The summed E-state index contributed by atoms with van der Waals surface area (Å²) < 4.78 is 0. The van der Waals surface area contributed by atoms with Gasteiger partial charge in [-0.1, -0.05) is 30.3 Å². The molecule has 0 aliphatic carbocycles. The number of halogens is 1. The Hall–Kier alpha value is -0.220. The van der Waals surface area contributed by atoms with Gasteiger partial charge in [0.15, 0.2) is 0 Å². The molecule has 1 unspecified atom stereocenters. The van der Waals surface area contributed by atoms with Crippen molar-refractivity contribution in [2.75, 3.05) is 25.4 Å². The quantitative estimate of drug-likeness (QED) is 0.835. The Balaban J connectivity index is 0.00000144. The van der Waals surface area contributed by atoms with E-state index >= 15 is 0 Å². The van der Waals surface area contributed by atoms with Crippen LogP contribution < -0.4 is 5.73 Å². The van der Waals surface area contributed by atoms with Crippen LogP contribution in [0.4, 0.5) is 0 Å². The van der Waals surface area contributed by atoms with Crippen LogP contribution in [0, 0.1) is 0 Å². The molecule has 0 radical (unpaired) electrons. The van der Waals surface area contributed by atoms with Crippen LogP contribution in [-0.4, -0.2) is 36.3 Å². The lowest BCUT2D eigenvalue weighted by molar-refractivity contribution is 0.357. The van der Waals surface area contributed by atoms with Crippen LogP contribution in [0.2, 0.25) is 0 Å². The van der Waals surface area contributed by atoms with Gasteiger partial charge in [0.1, 0.15) is 0 Å². The Morgan fingerprint density at radius 2 is 2.06 bits per heavy atom. The topological polar surface area (TPSA) is 29.3 Å². The van der Waals surface area contributed by atoms with E-state index in [-0.39, 0.29) is 12.4 Å². The number of rotatable bonds is 5. The van der Waals surface area contributed by atoms with E-state index in [9.17, 15) is 0 Å². The zero-order valence-corrected chi connectivity index (χ0v) is 11.7. The fourth-order valence-electron chi connectivity index (χ4n) is 2.02. The maximum atomic E-state index is 5.87. The van der Waals surface area contributed by atoms with Crippen LogP contribution in [0.5, 0.6) is 0 Å². The van der Waals surface area contributed by atoms with E-state index in [0.717, 1.165) is 12.3 Å². The molecule has 0 aromatic heterocycles. The minimum absolute atomic E-state index is 0. The molecule has 4 heteroatoms. The average Bonchev–Trinajstić information content (AvgIpc) is 2.72. The fourth-order valence-corrected chi connectivity index (χ4v) is 2.98. The Labute approximate surface area is 114 Å². The first-order valence-electron chi connectivity index (χ1n) is 5.94. The van der Waals surface area contributed by atoms with Crippen LogP contribution in [-0.2, 0) is 5.75 Å². The third-order valence-electron chi connectivity index (χ3n) is 2.97. The molecule has 1 aromatic rings. The molecular formula is C13H21ClN2S. The lowest BCUT2D eigenvalue weighted by Gasteiger charge is -2.14. The summed E-state index contributed by atoms with van der Waals surface area (Å²) in [6.45, 7) is 3.46. The molecule has 1 atom stereocenters. The first-order chi connectivity index (χ1) is 7.84. The van der Waals surface area contributed by atoms with Gasteiger partial charge in [0.25, 0.3) is 0 Å². The van der Waals surface area contributed by atoms with Gasteiger partial charge in [-0.15, -0.1) is 12.4 Å². The molecule has 1 aliphatic rings. The number of nitrogens with two attached hydrogens (primary N) is 1. The first-order valence-corrected chi connectivity index (χ1v) is 7.09. The van der Waals surface area contributed by atoms with Gasteiger partial charge in [0, 0.05) is 30.6 Å². The van der Waals surface area contributed by atoms with Crippen molar-refractivity contribution in [3.8, 4) is 0 Å². The van der Waals surface area contributed by atoms with Crippen LogP contribution in [0.3, 0.4) is 0 Å². The summed E-state index contributed by atoms with van der Waals surface area (Å²) >= 11 is 2.01. The monoisotopic (exact) mass is 272 g/mol. The van der Waals surface area contributed by atoms with E-state index in [2.05, 4.69) is 35.2 Å². The molecule has 2 N–H and O–H groups in total. The normalized spacial score (nSPS) is 20.2. The largest absolute Gasteiger partial charge is 0.326 e. The molecule has 2 nitrogen and oxygen atoms in total. The average molecular weight is 273 g/mol. The zero-order valence-electron chi connectivity index (χ0n) is 10.0. The van der Waals surface area contributed by atoms with E-state index in [1.54, 1.807) is 0 Å². The van der Waals surface area contributed by atoms with E-state index in [1.807, 2.05) is 11.8 Å². The minimum atomic E-state index is 0. The third-order valence-corrected chi connectivity index (χ3v) is 3.98. The number of nitrogens with zero attached hydrogens (tertiary/aromatic N) is 1. The number of hydrogen-bond acceptors (Lipinski definition) is 3. The molecule has 1 saturated heterocycles. The smallest absolute Gasteiger partial charge is 0.0185 e. The van der Waals surface area contributed by atoms with Crippen LogP contribution in [0.1, 0.15) is 12.0 Å². The summed E-state index contributed by atoms with van der Waals surface area (Å²) in [5.74, 6) is 2.34. The van der Waals surface area contributed by atoms with E-state index in [1.165, 1.54) is 30.8 Å². The van der Waals surface area contributed by atoms with Crippen molar-refractivity contribution in [3.05, 3.63) is 35.9 Å². The Bertz CT molecular complexity index is 308. The van der Waals surface area contributed by atoms with Crippen molar-refractivity contribution in [1.82, 2.24) is 4.90 Å². The maximum absolute atomic E-state index is 5.87. The van der Waals surface area contributed by atoms with Crippen LogP contribution in [0.15, 0.2) is 30.3 Å². The lowest BCUT2D eigenvalue weighted by Crippen LogP contribution is -2.28. The molecule has 1 fully saturated rings. The molecule has 96 valence electrons. The molecule has 1 aromatic carbocycles. The van der Waals surface area contributed by atoms with Gasteiger partial charge >= 0.3 is 0 Å². The van der Waals surface area contributed by atoms with Crippen molar-refractivity contribution in [1.29, 1.82) is 0 Å². The molecule has 1 heterocycles. The van der Waals surface area contributed by atoms with Crippen molar-refractivity contribution in [2.45, 2.75) is 18.2 Å². The van der Waals surface area contributed by atoms with Crippen molar-refractivity contribution >= 4 is 24.2 Å². The summed E-state index contributed by atoms with van der Waals surface area (Å²) in [4.78, 5) is 2.47. The molecule has 0 bridgehead atoms. The van der Waals surface area contributed by atoms with Gasteiger partial charge in [-0.2, -0.15) is 11.8 Å². The van der Waals surface area contributed by atoms with Gasteiger partial charge in [-0.05, 0) is 18.5 Å². The molecule has 0 amide bonds. The molecular weight excluding hydrogens is 252 g/mol. The highest BCUT2D eigenvalue weighted by molar-refractivity contribution is 7.98. The van der Waals surface area contributed by atoms with E-state index < -0.39 is 0 Å². The maximum Gasteiger partial charge on any atom is 0.0185 e. The molecule has 17 heavy (non-hydrogen) atoms. The predicted octanol–water partition coefficient (Wildman–Crippen LogP) is 2.37. The molecule has 0 saturated carbocycles. The number of thioether (sulfide) groups is 1. The number of likely N-dealkylation sites (tertiary alicyclic amines) is 1. The molecule has 2 rings (SSSR count). The van der Waals surface area contributed by atoms with Gasteiger partial charge in [-0.3, -0.25) is 0 Å². The van der Waals surface area contributed by atoms with Crippen molar-refractivity contribution < 1.29 is 0 Å². The Morgan fingerprint density at radius 1 is 1.29 bits per heavy atom. The summed E-state index contributed by atoms with van der Waals surface area (Å²) in [7, 11) is 0. The lowest BCUT2D eigenvalue weighted by atomic mass is 10.2. The number of hydrogen-bond donors (Lipinski definition) is 1. The highest BCUT2D eigenvalue weighted by Crippen LogP contribution is 2.13. The van der Waals surface area contributed by atoms with E-state index in [0.29, 0.717) is 6.04 Å². The third kappa shape index (κ3) is 5.30. The van der Waals surface area contributed by atoms with Crippen molar-refractivity contribution in [3.63, 3.8) is 0 Å². The Morgan fingerprint density at radius 3 is 2.71 bits per heavy atom. The summed E-state index contributed by atoms with van der Waals surface area (Å²) in [5.41, 5.74) is 7.29. The minimum Gasteiger partial charge on any atom is -0.326 e. The van der Waals surface area contributed by atoms with Crippen LogP contribution in [0.25, 0.3) is 0 Å². The highest BCUT2D eigenvalue weighted by atomic mass is 35.5. The highest BCUT2D eigenvalue weighted by Gasteiger charge is 2.17. The molecule has 1 aliphatic heterocycles. The fraction of sp³-hybridized carbons (Fsp3) is 0.538. The summed E-state index contributed by atoms with van der Waals surface area (Å²) in [5, 5.41) is 0. The second kappa shape index (κ2) is 7.98. The Kier molecular flexibility index (Phi) is 6.97. The van der Waals surface area contributed by atoms with Gasteiger partial charge in [0.2, 0.25) is 0 Å². The van der Waals surface area contributed by atoms with Crippen LogP contribution >= 0.6 is 24.2 Å². The van der Waals surface area contributed by atoms with Gasteiger partial charge < -0.3 is 10.6 Å². The standard InChI is InChI=1S/C13H20N2S.ClH/c14-13-6-7-15(10-13)8-9-16-11-12-4-2-1-3-5-12;/h1-5,13H,6-11,14H2;1H. The zero-order chi connectivity index (χ0) is 11.2. The SMILES string of the molecule is Cl.NC1CCN(CCSCc2ccccc2)C1. The summed E-state index contributed by atoms with van der Waals surface area (Å²) in [6.07, 6.45) is 1.17.